The van der Waals surface area contributed by atoms with Gasteiger partial charge in [-0.2, -0.15) is 0 Å². The fourth-order valence-electron chi connectivity index (χ4n) is 4.24. The highest BCUT2D eigenvalue weighted by molar-refractivity contribution is 5.99. The van der Waals surface area contributed by atoms with Crippen LogP contribution in [0.2, 0.25) is 0 Å². The molecule has 8 nitrogen and oxygen atoms in total. The second-order valence-corrected chi connectivity index (χ2v) is 7.56. The van der Waals surface area contributed by atoms with Crippen molar-refractivity contribution < 1.29 is 9.59 Å². The average molecular weight is 362 g/mol. The van der Waals surface area contributed by atoms with Crippen molar-refractivity contribution in [3.8, 4) is 0 Å². The molecule has 1 atom stereocenters. The minimum Gasteiger partial charge on any atom is -0.338 e. The fourth-order valence-corrected chi connectivity index (χ4v) is 4.24. The molecule has 142 valence electrons. The van der Waals surface area contributed by atoms with Crippen LogP contribution in [0.15, 0.2) is 15.7 Å². The standard InChI is InChI=1S/C18H26N4O4/c1-12(2)21-9-5-7-18(16(21)25)8-6-10-22(18)15(24)13-11-14(23)20(4)17(26)19(13)3/h11-12H,5-10H2,1-4H3. The number of rotatable bonds is 2. The molecule has 2 aliphatic rings. The highest BCUT2D eigenvalue weighted by Crippen LogP contribution is 2.39. The lowest BCUT2D eigenvalue weighted by Gasteiger charge is -2.46. The third-order valence-corrected chi connectivity index (χ3v) is 5.75. The number of carbonyl (C=O) groups is 2. The minimum absolute atomic E-state index is 0.0153. The molecule has 3 rings (SSSR count). The van der Waals surface area contributed by atoms with Crippen molar-refractivity contribution >= 4 is 11.8 Å². The molecule has 1 spiro atoms. The largest absolute Gasteiger partial charge is 0.338 e. The lowest BCUT2D eigenvalue weighted by Crippen LogP contribution is -2.62. The maximum Gasteiger partial charge on any atom is 0.331 e. The monoisotopic (exact) mass is 362 g/mol. The molecule has 2 saturated heterocycles. The van der Waals surface area contributed by atoms with E-state index in [2.05, 4.69) is 0 Å². The quantitative estimate of drug-likeness (QED) is 0.746. The van der Waals surface area contributed by atoms with Gasteiger partial charge in [-0.15, -0.1) is 0 Å². The van der Waals surface area contributed by atoms with Gasteiger partial charge < -0.3 is 9.80 Å². The molecule has 26 heavy (non-hydrogen) atoms. The van der Waals surface area contributed by atoms with E-state index in [4.69, 9.17) is 0 Å². The number of carbonyl (C=O) groups excluding carboxylic acids is 2. The number of hydrogen-bond donors (Lipinski definition) is 0. The Bertz CT molecular complexity index is 869. The Kier molecular flexibility index (Phi) is 4.54. The first-order valence-corrected chi connectivity index (χ1v) is 9.11. The Morgan fingerprint density at radius 3 is 2.27 bits per heavy atom. The second-order valence-electron chi connectivity index (χ2n) is 7.56. The zero-order chi connectivity index (χ0) is 19.2. The van der Waals surface area contributed by atoms with E-state index in [9.17, 15) is 19.2 Å². The van der Waals surface area contributed by atoms with Gasteiger partial charge in [-0.1, -0.05) is 0 Å². The molecule has 2 aliphatic heterocycles. The predicted molar refractivity (Wildman–Crippen MR) is 96.0 cm³/mol. The number of aromatic nitrogens is 2. The molecule has 3 heterocycles. The molecule has 1 aromatic rings. The number of likely N-dealkylation sites (tertiary alicyclic amines) is 2. The number of piperidine rings is 1. The Morgan fingerprint density at radius 1 is 1.04 bits per heavy atom. The molecule has 0 bridgehead atoms. The fraction of sp³-hybridized carbons (Fsp3) is 0.667. The lowest BCUT2D eigenvalue weighted by molar-refractivity contribution is -0.147. The smallest absolute Gasteiger partial charge is 0.331 e. The second kappa shape index (κ2) is 6.41. The summed E-state index contributed by atoms with van der Waals surface area (Å²) in [6.45, 7) is 5.11. The van der Waals surface area contributed by atoms with Crippen LogP contribution in [0.25, 0.3) is 0 Å². The molecule has 0 N–H and O–H groups in total. The summed E-state index contributed by atoms with van der Waals surface area (Å²) in [7, 11) is 2.85. The van der Waals surface area contributed by atoms with E-state index in [1.807, 2.05) is 18.7 Å². The molecule has 1 unspecified atom stereocenters. The van der Waals surface area contributed by atoms with E-state index in [-0.39, 0.29) is 17.6 Å². The van der Waals surface area contributed by atoms with Gasteiger partial charge in [0.05, 0.1) is 0 Å². The number of nitrogens with zero attached hydrogens (tertiary/aromatic N) is 4. The zero-order valence-corrected chi connectivity index (χ0v) is 15.8. The maximum atomic E-state index is 13.2. The third kappa shape index (κ3) is 2.59. The van der Waals surface area contributed by atoms with Crippen molar-refractivity contribution in [2.45, 2.75) is 51.1 Å². The van der Waals surface area contributed by atoms with Gasteiger partial charge >= 0.3 is 5.69 Å². The SMILES string of the molecule is CC(C)N1CCCC2(CCCN2C(=O)c2cc(=O)n(C)c(=O)n2C)C1=O. The molecular weight excluding hydrogens is 336 g/mol. The van der Waals surface area contributed by atoms with E-state index in [0.29, 0.717) is 25.9 Å². The summed E-state index contributed by atoms with van der Waals surface area (Å²) in [6, 6.07) is 1.26. The van der Waals surface area contributed by atoms with Gasteiger partial charge in [-0.25, -0.2) is 4.79 Å². The predicted octanol–water partition coefficient (Wildman–Crippen LogP) is 0.0896. The molecule has 1 aromatic heterocycles. The first-order valence-electron chi connectivity index (χ1n) is 9.11. The van der Waals surface area contributed by atoms with Gasteiger partial charge in [-0.05, 0) is 39.5 Å². The summed E-state index contributed by atoms with van der Waals surface area (Å²) in [5.41, 5.74) is -1.89. The van der Waals surface area contributed by atoms with Crippen molar-refractivity contribution in [3.63, 3.8) is 0 Å². The van der Waals surface area contributed by atoms with Gasteiger partial charge in [0.2, 0.25) is 5.91 Å². The van der Waals surface area contributed by atoms with Crippen molar-refractivity contribution in [1.82, 2.24) is 18.9 Å². The van der Waals surface area contributed by atoms with Crippen LogP contribution >= 0.6 is 0 Å². The maximum absolute atomic E-state index is 13.2. The summed E-state index contributed by atoms with van der Waals surface area (Å²) < 4.78 is 2.14. The molecule has 0 radical (unpaired) electrons. The summed E-state index contributed by atoms with van der Waals surface area (Å²) in [6.07, 6.45) is 2.82. The third-order valence-electron chi connectivity index (χ3n) is 5.75. The minimum atomic E-state index is -0.850. The van der Waals surface area contributed by atoms with Crippen LogP contribution in [0.3, 0.4) is 0 Å². The van der Waals surface area contributed by atoms with Gasteiger partial charge in [-0.3, -0.25) is 23.5 Å². The van der Waals surface area contributed by atoms with E-state index >= 15 is 0 Å². The molecular formula is C18H26N4O4. The molecule has 0 aliphatic carbocycles. The molecule has 0 aromatic carbocycles. The topological polar surface area (TPSA) is 84.6 Å². The molecule has 8 heteroatoms. The van der Waals surface area contributed by atoms with Crippen LogP contribution in [0.1, 0.15) is 50.0 Å². The van der Waals surface area contributed by atoms with E-state index in [1.54, 1.807) is 4.90 Å². The number of amides is 2. The van der Waals surface area contributed by atoms with Gasteiger partial charge in [0.15, 0.2) is 0 Å². The van der Waals surface area contributed by atoms with E-state index in [1.165, 1.54) is 24.7 Å². The Balaban J connectivity index is 2.04. The van der Waals surface area contributed by atoms with Crippen LogP contribution < -0.4 is 11.2 Å². The van der Waals surface area contributed by atoms with Crippen molar-refractivity contribution in [3.05, 3.63) is 32.6 Å². The van der Waals surface area contributed by atoms with Crippen LogP contribution in [-0.4, -0.2) is 55.4 Å². The summed E-state index contributed by atoms with van der Waals surface area (Å²) in [5.74, 6) is -0.433. The first kappa shape index (κ1) is 18.4. The molecule has 0 saturated carbocycles. The van der Waals surface area contributed by atoms with Gasteiger partial charge in [0.1, 0.15) is 11.2 Å². The number of hydrogen-bond acceptors (Lipinski definition) is 4. The van der Waals surface area contributed by atoms with Crippen molar-refractivity contribution in [1.29, 1.82) is 0 Å². The summed E-state index contributed by atoms with van der Waals surface area (Å²) >= 11 is 0. The lowest BCUT2D eigenvalue weighted by atomic mass is 9.84. The van der Waals surface area contributed by atoms with Gasteiger partial charge in [0.25, 0.3) is 11.5 Å². The highest BCUT2D eigenvalue weighted by Gasteiger charge is 2.53. The Hall–Kier alpha value is -2.38. The Labute approximate surface area is 152 Å². The van der Waals surface area contributed by atoms with Gasteiger partial charge in [0, 0.05) is 39.3 Å². The Morgan fingerprint density at radius 2 is 1.65 bits per heavy atom. The normalized spacial score (nSPS) is 23.3. The van der Waals surface area contributed by atoms with Crippen LogP contribution in [0.4, 0.5) is 0 Å². The molecule has 2 amide bonds. The van der Waals surface area contributed by atoms with E-state index in [0.717, 1.165) is 17.4 Å². The zero-order valence-electron chi connectivity index (χ0n) is 15.8. The van der Waals surface area contributed by atoms with Crippen LogP contribution in [-0.2, 0) is 18.9 Å². The summed E-state index contributed by atoms with van der Waals surface area (Å²) in [5, 5.41) is 0. The highest BCUT2D eigenvalue weighted by atomic mass is 16.2. The van der Waals surface area contributed by atoms with E-state index < -0.39 is 22.7 Å². The van der Waals surface area contributed by atoms with Crippen LogP contribution in [0.5, 0.6) is 0 Å². The molecule has 2 fully saturated rings. The van der Waals surface area contributed by atoms with Crippen LogP contribution in [0, 0.1) is 0 Å². The average Bonchev–Trinajstić information content (AvgIpc) is 3.02. The van der Waals surface area contributed by atoms with Crippen molar-refractivity contribution in [2.24, 2.45) is 14.1 Å². The van der Waals surface area contributed by atoms with Crippen molar-refractivity contribution in [2.75, 3.05) is 13.1 Å². The first-order chi connectivity index (χ1) is 12.2. The summed E-state index contributed by atoms with van der Waals surface area (Å²) in [4.78, 5) is 54.1.